The molecular formula is C45H32N4OPt. The van der Waals surface area contributed by atoms with Gasteiger partial charge in [-0.15, -0.1) is 54.4 Å². The van der Waals surface area contributed by atoms with E-state index in [0.29, 0.717) is 11.5 Å². The van der Waals surface area contributed by atoms with Gasteiger partial charge in [0.15, 0.2) is 0 Å². The Kier molecular flexibility index (Phi) is 8.81. The third-order valence-electron chi connectivity index (χ3n) is 9.09. The number of anilines is 5. The molecule has 2 heterocycles. The minimum absolute atomic E-state index is 0. The summed E-state index contributed by atoms with van der Waals surface area (Å²) in [6.45, 7) is 4.19. The van der Waals surface area contributed by atoms with E-state index in [1.54, 1.807) is 0 Å². The van der Waals surface area contributed by atoms with Crippen LogP contribution in [0.2, 0.25) is 0 Å². The second kappa shape index (κ2) is 13.9. The molecule has 248 valence electrons. The van der Waals surface area contributed by atoms with Crippen molar-refractivity contribution in [2.45, 2.75) is 0 Å². The molecule has 51 heavy (non-hydrogen) atoms. The quantitative estimate of drug-likeness (QED) is 0.149. The van der Waals surface area contributed by atoms with Crippen LogP contribution in [0.15, 0.2) is 164 Å². The summed E-state index contributed by atoms with van der Waals surface area (Å²) in [5.41, 5.74) is 9.67. The molecule has 0 spiro atoms. The summed E-state index contributed by atoms with van der Waals surface area (Å²) in [4.78, 5) is 8.58. The number of benzene rings is 7. The van der Waals surface area contributed by atoms with Crippen LogP contribution >= 0.6 is 0 Å². The summed E-state index contributed by atoms with van der Waals surface area (Å²) >= 11 is 0. The Balaban J connectivity index is 0.00000374. The molecule has 0 radical (unpaired) electrons. The third-order valence-corrected chi connectivity index (χ3v) is 9.09. The van der Waals surface area contributed by atoms with E-state index in [2.05, 4.69) is 150 Å². The molecule has 7 aromatic carbocycles. The molecule has 6 heteroatoms. The second-order valence-corrected chi connectivity index (χ2v) is 12.3. The number of fused-ring (bicyclic) bond motifs is 3. The summed E-state index contributed by atoms with van der Waals surface area (Å²) in [5, 5.41) is 2.35. The van der Waals surface area contributed by atoms with Crippen LogP contribution in [0, 0.1) is 25.5 Å². The molecule has 0 saturated heterocycles. The molecule has 0 saturated carbocycles. The van der Waals surface area contributed by atoms with Gasteiger partial charge in [-0.25, -0.2) is 0 Å². The maximum absolute atomic E-state index is 6.39. The summed E-state index contributed by atoms with van der Waals surface area (Å²) in [5.74, 6) is 1.23. The van der Waals surface area contributed by atoms with E-state index in [1.807, 2.05) is 66.2 Å². The van der Waals surface area contributed by atoms with E-state index < -0.39 is 0 Å². The van der Waals surface area contributed by atoms with Gasteiger partial charge in [0.2, 0.25) is 0 Å². The van der Waals surface area contributed by atoms with Crippen molar-refractivity contribution in [3.63, 3.8) is 0 Å². The summed E-state index contributed by atoms with van der Waals surface area (Å²) in [6.07, 6.45) is 3.99. The first-order valence-corrected chi connectivity index (χ1v) is 16.6. The molecule has 7 aromatic rings. The molecule has 0 aliphatic carbocycles. The van der Waals surface area contributed by atoms with Gasteiger partial charge in [0.25, 0.3) is 0 Å². The zero-order valence-corrected chi connectivity index (χ0v) is 30.0. The van der Waals surface area contributed by atoms with Crippen molar-refractivity contribution >= 4 is 39.2 Å². The molecule has 0 fully saturated rings. The fraction of sp³-hybridized carbons (Fsp3) is 0.0222. The number of ether oxygens (including phenoxy) is 1. The zero-order chi connectivity index (χ0) is 33.4. The Labute approximate surface area is 313 Å². The molecule has 5 nitrogen and oxygen atoms in total. The normalized spacial score (nSPS) is 13.4. The van der Waals surface area contributed by atoms with E-state index in [4.69, 9.17) is 4.74 Å². The standard InChI is InChI=1S/C45H32N4O.Pt/c1-46-27-28-47(31-46)36-18-10-20-38(29-36)50-39-21-11-19-37(30-39)48-32-49(45-42-22-9-8-17-35(42)25-26-43(45)48)44-40(33-13-4-2-5-14-33)23-12-24-41(44)34-15-6-3-7-16-34;/h2-28,31-32H,1H3;/q-4;+4. The maximum atomic E-state index is 6.39. The van der Waals surface area contributed by atoms with Crippen molar-refractivity contribution < 1.29 is 25.8 Å². The monoisotopic (exact) mass is 839 g/mol. The van der Waals surface area contributed by atoms with E-state index in [9.17, 15) is 0 Å². The third kappa shape index (κ3) is 6.15. The molecule has 0 atom stereocenters. The van der Waals surface area contributed by atoms with Crippen LogP contribution in [-0.2, 0) is 21.1 Å². The minimum Gasteiger partial charge on any atom is -0.510 e. The van der Waals surface area contributed by atoms with E-state index in [0.717, 1.165) is 50.7 Å². The van der Waals surface area contributed by atoms with Crippen LogP contribution in [0.1, 0.15) is 0 Å². The fourth-order valence-electron chi connectivity index (χ4n) is 6.79. The van der Waals surface area contributed by atoms with E-state index in [1.165, 1.54) is 10.8 Å². The van der Waals surface area contributed by atoms with Gasteiger partial charge in [0, 0.05) is 45.1 Å². The average Bonchev–Trinajstić information content (AvgIpc) is 3.80. The summed E-state index contributed by atoms with van der Waals surface area (Å²) in [6, 6.07) is 59.8. The smallest absolute Gasteiger partial charge is 0.510 e. The summed E-state index contributed by atoms with van der Waals surface area (Å²) in [7, 11) is 2.00. The Morgan fingerprint density at radius 2 is 1.12 bits per heavy atom. The van der Waals surface area contributed by atoms with Crippen LogP contribution in [0.5, 0.6) is 11.5 Å². The molecule has 2 aliphatic heterocycles. The maximum Gasteiger partial charge on any atom is 4.00 e. The van der Waals surface area contributed by atoms with Gasteiger partial charge >= 0.3 is 21.1 Å². The molecule has 0 amide bonds. The molecule has 9 rings (SSSR count). The van der Waals surface area contributed by atoms with Gasteiger partial charge in [-0.1, -0.05) is 109 Å². The van der Waals surface area contributed by atoms with Crippen molar-refractivity contribution in [1.29, 1.82) is 0 Å². The van der Waals surface area contributed by atoms with Crippen LogP contribution in [0.3, 0.4) is 0 Å². The topological polar surface area (TPSA) is 22.2 Å². The SMILES string of the molecule is CN1C=CN(c2[c-]c(Oc3[c-]c(N4[CH-]N(c5c(-c6ccccc6)cccc5-c5ccccc5)c5c4ccc4ccccc54)ccc3)ccc2)[CH-]1.[Pt+4]. The Hall–Kier alpha value is -5.77. The Morgan fingerprint density at radius 1 is 0.510 bits per heavy atom. The predicted molar refractivity (Wildman–Crippen MR) is 204 cm³/mol. The largest absolute Gasteiger partial charge is 4.00 e. The first-order chi connectivity index (χ1) is 24.7. The van der Waals surface area contributed by atoms with Gasteiger partial charge in [0.1, 0.15) is 0 Å². The van der Waals surface area contributed by atoms with Gasteiger partial charge in [-0.3, -0.25) is 0 Å². The predicted octanol–water partition coefficient (Wildman–Crippen LogP) is 11.3. The van der Waals surface area contributed by atoms with Crippen molar-refractivity contribution in [2.24, 2.45) is 0 Å². The number of hydrogen-bond donors (Lipinski definition) is 0. The van der Waals surface area contributed by atoms with Crippen LogP contribution in [0.4, 0.5) is 28.4 Å². The van der Waals surface area contributed by atoms with E-state index in [-0.39, 0.29) is 21.1 Å². The van der Waals surface area contributed by atoms with Crippen molar-refractivity contribution in [1.82, 2.24) is 4.90 Å². The van der Waals surface area contributed by atoms with Gasteiger partial charge in [0.05, 0.1) is 0 Å². The van der Waals surface area contributed by atoms with Crippen molar-refractivity contribution in [3.05, 3.63) is 190 Å². The van der Waals surface area contributed by atoms with Crippen LogP contribution < -0.4 is 19.4 Å². The number of rotatable bonds is 7. The van der Waals surface area contributed by atoms with Crippen LogP contribution in [-0.4, -0.2) is 11.9 Å². The molecule has 0 aromatic heterocycles. The van der Waals surface area contributed by atoms with Crippen molar-refractivity contribution in [2.75, 3.05) is 21.7 Å². The molecule has 0 bridgehead atoms. The fourth-order valence-corrected chi connectivity index (χ4v) is 6.79. The van der Waals surface area contributed by atoms with Gasteiger partial charge in [-0.05, 0) is 42.0 Å². The molecule has 2 aliphatic rings. The summed E-state index contributed by atoms with van der Waals surface area (Å²) < 4.78 is 6.39. The van der Waals surface area contributed by atoms with E-state index >= 15 is 0 Å². The minimum atomic E-state index is 0. The molecule has 0 N–H and O–H groups in total. The number of nitrogens with zero attached hydrogens (tertiary/aromatic N) is 4. The van der Waals surface area contributed by atoms with Crippen molar-refractivity contribution in [3.8, 4) is 33.8 Å². The second-order valence-electron chi connectivity index (χ2n) is 12.3. The zero-order valence-electron chi connectivity index (χ0n) is 27.8. The first-order valence-electron chi connectivity index (χ1n) is 16.6. The molecule has 0 unspecified atom stereocenters. The van der Waals surface area contributed by atoms with Gasteiger partial charge < -0.3 is 24.3 Å². The first kappa shape index (κ1) is 32.4. The average molecular weight is 840 g/mol. The Bertz CT molecular complexity index is 2300. The Morgan fingerprint density at radius 3 is 1.78 bits per heavy atom. The van der Waals surface area contributed by atoms with Crippen LogP contribution in [0.25, 0.3) is 33.0 Å². The number of hydrogen-bond acceptors (Lipinski definition) is 5. The number of para-hydroxylation sites is 1. The van der Waals surface area contributed by atoms with Gasteiger partial charge in [-0.2, -0.15) is 18.8 Å². The molecular weight excluding hydrogens is 808 g/mol.